The van der Waals surface area contributed by atoms with Gasteiger partial charge in [0, 0.05) is 12.8 Å². The van der Waals surface area contributed by atoms with Gasteiger partial charge >= 0.3 is 11.9 Å². The SMILES string of the molecule is CCCCCCCCCC/C=C\CCCCCCCCCCCCCCCCCCCCCCCCCCCC(=O)OC(CO)COC(=O)CCCCCCCCCCCCCCCCCCCCCCCCCCCCCC. The molecule has 0 aliphatic carbocycles. The number of aliphatic hydroxyl groups excluding tert-OH is 1. The maximum atomic E-state index is 12.4. The topological polar surface area (TPSA) is 72.8 Å². The predicted molar refractivity (Wildman–Crippen MR) is 349 cm³/mol. The molecule has 0 saturated carbocycles. The molecule has 0 spiro atoms. The Morgan fingerprint density at radius 3 is 0.684 bits per heavy atom. The van der Waals surface area contributed by atoms with Gasteiger partial charge in [0.05, 0.1) is 6.61 Å². The highest BCUT2D eigenvalue weighted by Crippen LogP contribution is 2.20. The molecule has 5 nitrogen and oxygen atoms in total. The van der Waals surface area contributed by atoms with Gasteiger partial charge in [-0.25, -0.2) is 0 Å². The van der Waals surface area contributed by atoms with Gasteiger partial charge < -0.3 is 14.6 Å². The average molecular weight is 1110 g/mol. The van der Waals surface area contributed by atoms with Gasteiger partial charge in [-0.2, -0.15) is 0 Å². The third-order valence-corrected chi connectivity index (χ3v) is 17.3. The minimum atomic E-state index is -0.767. The third kappa shape index (κ3) is 69.0. The smallest absolute Gasteiger partial charge is 0.306 e. The molecular weight excluding hydrogens is 969 g/mol. The number of esters is 2. The first-order chi connectivity index (χ1) is 39.1. The Balaban J connectivity index is 3.35. The molecular formula is C74H144O5. The number of rotatable bonds is 70. The van der Waals surface area contributed by atoms with Gasteiger partial charge in [0.1, 0.15) is 6.61 Å². The van der Waals surface area contributed by atoms with Crippen LogP contribution in [-0.4, -0.2) is 36.4 Å². The molecule has 0 fully saturated rings. The van der Waals surface area contributed by atoms with Crippen LogP contribution in [0, 0.1) is 0 Å². The second-order valence-corrected chi connectivity index (χ2v) is 25.4. The van der Waals surface area contributed by atoms with E-state index in [0.29, 0.717) is 12.8 Å². The number of hydrogen-bond acceptors (Lipinski definition) is 5. The van der Waals surface area contributed by atoms with Crippen molar-refractivity contribution in [3.05, 3.63) is 12.2 Å². The first kappa shape index (κ1) is 77.6. The highest BCUT2D eigenvalue weighted by atomic mass is 16.6. The predicted octanol–water partition coefficient (Wildman–Crippen LogP) is 25.4. The summed E-state index contributed by atoms with van der Waals surface area (Å²) in [5, 5.41) is 9.71. The molecule has 0 saturated heterocycles. The molecule has 0 radical (unpaired) electrons. The van der Waals surface area contributed by atoms with Crippen molar-refractivity contribution >= 4 is 11.9 Å². The molecule has 0 aliphatic rings. The monoisotopic (exact) mass is 1110 g/mol. The fourth-order valence-electron chi connectivity index (χ4n) is 11.8. The number of unbranched alkanes of at least 4 members (excludes halogenated alkanes) is 60. The summed E-state index contributed by atoms with van der Waals surface area (Å²) < 4.78 is 10.8. The van der Waals surface area contributed by atoms with Crippen LogP contribution in [0.3, 0.4) is 0 Å². The molecule has 1 unspecified atom stereocenters. The van der Waals surface area contributed by atoms with E-state index >= 15 is 0 Å². The molecule has 79 heavy (non-hydrogen) atoms. The summed E-state index contributed by atoms with van der Waals surface area (Å²) in [7, 11) is 0. The number of aliphatic hydroxyl groups is 1. The van der Waals surface area contributed by atoms with Crippen LogP contribution >= 0.6 is 0 Å². The Bertz CT molecular complexity index is 1170. The van der Waals surface area contributed by atoms with Crippen molar-refractivity contribution in [3.8, 4) is 0 Å². The molecule has 0 aromatic heterocycles. The van der Waals surface area contributed by atoms with Crippen molar-refractivity contribution in [1.29, 1.82) is 0 Å². The molecule has 0 aromatic rings. The van der Waals surface area contributed by atoms with Crippen molar-refractivity contribution in [2.45, 2.75) is 437 Å². The summed E-state index contributed by atoms with van der Waals surface area (Å²) in [4.78, 5) is 24.7. The van der Waals surface area contributed by atoms with E-state index in [-0.39, 0.29) is 25.2 Å². The Labute approximate surface area is 496 Å². The first-order valence-corrected chi connectivity index (χ1v) is 36.7. The number of ether oxygens (including phenoxy) is 2. The van der Waals surface area contributed by atoms with Crippen LogP contribution in [0.2, 0.25) is 0 Å². The quantitative estimate of drug-likeness (QED) is 0.0373. The van der Waals surface area contributed by atoms with Gasteiger partial charge in [0.15, 0.2) is 6.10 Å². The number of hydrogen-bond donors (Lipinski definition) is 1. The highest BCUT2D eigenvalue weighted by Gasteiger charge is 2.16. The minimum Gasteiger partial charge on any atom is -0.462 e. The van der Waals surface area contributed by atoms with Crippen LogP contribution in [0.5, 0.6) is 0 Å². The molecule has 0 heterocycles. The van der Waals surface area contributed by atoms with E-state index in [1.807, 2.05) is 0 Å². The van der Waals surface area contributed by atoms with Gasteiger partial charge in [-0.05, 0) is 38.5 Å². The summed E-state index contributed by atoms with van der Waals surface area (Å²) >= 11 is 0. The molecule has 0 aliphatic heterocycles. The molecule has 470 valence electrons. The van der Waals surface area contributed by atoms with Crippen LogP contribution < -0.4 is 0 Å². The van der Waals surface area contributed by atoms with Crippen molar-refractivity contribution in [3.63, 3.8) is 0 Å². The Morgan fingerprint density at radius 2 is 0.468 bits per heavy atom. The summed E-state index contributed by atoms with van der Waals surface area (Å²) in [5.41, 5.74) is 0. The highest BCUT2D eigenvalue weighted by molar-refractivity contribution is 5.70. The Hall–Kier alpha value is -1.36. The van der Waals surface area contributed by atoms with Gasteiger partial charge in [-0.1, -0.05) is 392 Å². The maximum Gasteiger partial charge on any atom is 0.306 e. The molecule has 0 bridgehead atoms. The Kier molecular flexibility index (Phi) is 69.7. The van der Waals surface area contributed by atoms with Crippen LogP contribution in [-0.2, 0) is 19.1 Å². The van der Waals surface area contributed by atoms with Gasteiger partial charge in [0.25, 0.3) is 0 Å². The fraction of sp³-hybridized carbons (Fsp3) is 0.946. The summed E-state index contributed by atoms with van der Waals surface area (Å²) in [6.07, 6.45) is 91.4. The number of allylic oxidation sites excluding steroid dienone is 2. The van der Waals surface area contributed by atoms with Crippen molar-refractivity contribution in [2.24, 2.45) is 0 Å². The van der Waals surface area contributed by atoms with Crippen molar-refractivity contribution in [1.82, 2.24) is 0 Å². The normalized spacial score (nSPS) is 12.1. The second kappa shape index (κ2) is 70.9. The first-order valence-electron chi connectivity index (χ1n) is 36.7. The van der Waals surface area contributed by atoms with E-state index in [0.717, 1.165) is 32.1 Å². The van der Waals surface area contributed by atoms with Crippen LogP contribution in [0.25, 0.3) is 0 Å². The lowest BCUT2D eigenvalue weighted by Crippen LogP contribution is -2.28. The van der Waals surface area contributed by atoms with Gasteiger partial charge in [-0.3, -0.25) is 9.59 Å². The number of carbonyl (C=O) groups excluding carboxylic acids is 2. The summed E-state index contributed by atoms with van der Waals surface area (Å²) in [5.74, 6) is -0.559. The zero-order valence-corrected chi connectivity index (χ0v) is 54.2. The van der Waals surface area contributed by atoms with Crippen molar-refractivity contribution in [2.75, 3.05) is 13.2 Å². The molecule has 1 atom stereocenters. The molecule has 5 heteroatoms. The fourth-order valence-corrected chi connectivity index (χ4v) is 11.8. The average Bonchev–Trinajstić information content (AvgIpc) is 3.45. The minimum absolute atomic E-state index is 0.0562. The number of carbonyl (C=O) groups is 2. The molecule has 0 amide bonds. The van der Waals surface area contributed by atoms with E-state index in [1.54, 1.807) is 0 Å². The third-order valence-electron chi connectivity index (χ3n) is 17.3. The van der Waals surface area contributed by atoms with E-state index in [4.69, 9.17) is 9.47 Å². The van der Waals surface area contributed by atoms with Gasteiger partial charge in [0.2, 0.25) is 0 Å². The summed E-state index contributed by atoms with van der Waals surface area (Å²) in [6.45, 7) is 4.22. The summed E-state index contributed by atoms with van der Waals surface area (Å²) in [6, 6.07) is 0. The van der Waals surface area contributed by atoms with Crippen molar-refractivity contribution < 1.29 is 24.2 Å². The second-order valence-electron chi connectivity index (χ2n) is 25.4. The Morgan fingerprint density at radius 1 is 0.278 bits per heavy atom. The largest absolute Gasteiger partial charge is 0.462 e. The molecule has 0 rings (SSSR count). The lowest BCUT2D eigenvalue weighted by Gasteiger charge is -2.15. The molecule has 0 aromatic carbocycles. The maximum absolute atomic E-state index is 12.4. The van der Waals surface area contributed by atoms with E-state index in [2.05, 4.69) is 26.0 Å². The van der Waals surface area contributed by atoms with Crippen LogP contribution in [0.15, 0.2) is 12.2 Å². The van der Waals surface area contributed by atoms with Gasteiger partial charge in [-0.15, -0.1) is 0 Å². The lowest BCUT2D eigenvalue weighted by molar-refractivity contribution is -0.161. The lowest BCUT2D eigenvalue weighted by atomic mass is 10.0. The van der Waals surface area contributed by atoms with Crippen LogP contribution in [0.4, 0.5) is 0 Å². The van der Waals surface area contributed by atoms with E-state index in [9.17, 15) is 14.7 Å². The zero-order valence-electron chi connectivity index (χ0n) is 54.2. The van der Waals surface area contributed by atoms with E-state index < -0.39 is 6.10 Å². The zero-order chi connectivity index (χ0) is 56.9. The van der Waals surface area contributed by atoms with E-state index in [1.165, 1.54) is 372 Å². The molecule has 1 N–H and O–H groups in total. The van der Waals surface area contributed by atoms with Crippen LogP contribution in [0.1, 0.15) is 431 Å². The standard InChI is InChI=1S/C74H144O5/c1-3-5-7-9-11-13-15-17-19-21-23-25-27-29-31-33-34-35-36-37-38-39-40-41-43-45-47-49-51-53-55-57-59-61-63-65-67-69-74(77)79-72(70-75)71-78-73(76)68-66-64-62-60-58-56-54-52-50-48-46-44-42-32-30-28-26-24-22-20-18-16-14-12-10-8-6-4-2/h21,23,72,75H,3-20,22,24-71H2,1-2H3/b23-21-.